The van der Waals surface area contributed by atoms with Gasteiger partial charge in [0.15, 0.2) is 0 Å². The van der Waals surface area contributed by atoms with Crippen LogP contribution in [0.25, 0.3) is 21.8 Å². The number of carbonyl (C=O) groups excluding carboxylic acids is 1. The third-order valence-electron chi connectivity index (χ3n) is 5.43. The van der Waals surface area contributed by atoms with Gasteiger partial charge in [-0.05, 0) is 30.3 Å². The average Bonchev–Trinajstić information content (AvgIpc) is 3.15. The Labute approximate surface area is 174 Å². The molecule has 4 aromatic rings. The maximum atomic E-state index is 12.7. The van der Waals surface area contributed by atoms with Crippen LogP contribution in [0, 0.1) is 0 Å². The molecule has 0 bridgehead atoms. The first-order valence-electron chi connectivity index (χ1n) is 10.1. The summed E-state index contributed by atoms with van der Waals surface area (Å²) in [6.07, 6.45) is 5.67. The summed E-state index contributed by atoms with van der Waals surface area (Å²) in [5.41, 5.74) is 3.85. The SMILES string of the molecule is O=C(Cn1cc(C=Nc2ccc3ncccc3c2)c2ccccc21)N1CCOCC1. The maximum absolute atomic E-state index is 12.7. The largest absolute Gasteiger partial charge is 0.378 e. The van der Waals surface area contributed by atoms with Gasteiger partial charge in [0.05, 0.1) is 24.4 Å². The summed E-state index contributed by atoms with van der Waals surface area (Å²) in [5, 5.41) is 2.14. The van der Waals surface area contributed by atoms with Gasteiger partial charge in [0.1, 0.15) is 6.54 Å². The van der Waals surface area contributed by atoms with Crippen LogP contribution in [0.15, 0.2) is 72.0 Å². The average molecular weight is 398 g/mol. The number of amides is 1. The molecule has 1 fully saturated rings. The second kappa shape index (κ2) is 8.08. The van der Waals surface area contributed by atoms with Crippen molar-refractivity contribution in [2.45, 2.75) is 6.54 Å². The molecule has 0 unspecified atom stereocenters. The van der Waals surface area contributed by atoms with Crippen molar-refractivity contribution in [2.75, 3.05) is 26.3 Å². The number of para-hydroxylation sites is 1. The zero-order valence-corrected chi connectivity index (χ0v) is 16.6. The highest BCUT2D eigenvalue weighted by Crippen LogP contribution is 2.23. The van der Waals surface area contributed by atoms with Crippen LogP contribution in [0.5, 0.6) is 0 Å². The fourth-order valence-corrected chi connectivity index (χ4v) is 3.85. The number of aromatic nitrogens is 2. The normalized spacial score (nSPS) is 14.7. The van der Waals surface area contributed by atoms with Crippen LogP contribution in [0.2, 0.25) is 0 Å². The van der Waals surface area contributed by atoms with E-state index in [1.165, 1.54) is 0 Å². The summed E-state index contributed by atoms with van der Waals surface area (Å²) in [4.78, 5) is 23.6. The van der Waals surface area contributed by atoms with Crippen LogP contribution in [-0.2, 0) is 16.1 Å². The van der Waals surface area contributed by atoms with E-state index in [1.807, 2.05) is 70.4 Å². The Morgan fingerprint density at radius 1 is 1.10 bits per heavy atom. The highest BCUT2D eigenvalue weighted by Gasteiger charge is 2.18. The monoisotopic (exact) mass is 398 g/mol. The molecule has 1 saturated heterocycles. The van der Waals surface area contributed by atoms with Crippen molar-refractivity contribution in [1.82, 2.24) is 14.5 Å². The molecule has 0 radical (unpaired) electrons. The highest BCUT2D eigenvalue weighted by atomic mass is 16.5. The van der Waals surface area contributed by atoms with Gasteiger partial charge in [0.2, 0.25) is 5.91 Å². The molecule has 2 aromatic carbocycles. The number of hydrogen-bond donors (Lipinski definition) is 0. The molecule has 6 heteroatoms. The predicted molar refractivity (Wildman–Crippen MR) is 118 cm³/mol. The van der Waals surface area contributed by atoms with Gasteiger partial charge >= 0.3 is 0 Å². The Bertz CT molecular complexity index is 1240. The Hall–Kier alpha value is -3.51. The van der Waals surface area contributed by atoms with E-state index in [0.29, 0.717) is 32.8 Å². The quantitative estimate of drug-likeness (QED) is 0.491. The predicted octanol–water partition coefficient (Wildman–Crippen LogP) is 3.80. The van der Waals surface area contributed by atoms with Crippen molar-refractivity contribution in [1.29, 1.82) is 0 Å². The summed E-state index contributed by atoms with van der Waals surface area (Å²) in [7, 11) is 0. The van der Waals surface area contributed by atoms with Gasteiger partial charge in [-0.1, -0.05) is 24.3 Å². The van der Waals surface area contributed by atoms with Crippen molar-refractivity contribution < 1.29 is 9.53 Å². The molecule has 6 nitrogen and oxygen atoms in total. The van der Waals surface area contributed by atoms with Crippen LogP contribution in [0.4, 0.5) is 5.69 Å². The lowest BCUT2D eigenvalue weighted by molar-refractivity contribution is -0.135. The van der Waals surface area contributed by atoms with Gasteiger partial charge in [-0.25, -0.2) is 0 Å². The van der Waals surface area contributed by atoms with Crippen molar-refractivity contribution in [3.8, 4) is 0 Å². The van der Waals surface area contributed by atoms with Crippen molar-refractivity contribution in [3.05, 3.63) is 72.6 Å². The van der Waals surface area contributed by atoms with Crippen LogP contribution in [0.1, 0.15) is 5.56 Å². The number of ether oxygens (including phenoxy) is 1. The molecule has 3 heterocycles. The van der Waals surface area contributed by atoms with E-state index in [2.05, 4.69) is 16.0 Å². The number of benzene rings is 2. The second-order valence-electron chi connectivity index (χ2n) is 7.36. The molecule has 2 aromatic heterocycles. The molecule has 0 N–H and O–H groups in total. The van der Waals surface area contributed by atoms with E-state index in [-0.39, 0.29) is 5.91 Å². The molecule has 0 atom stereocenters. The van der Waals surface area contributed by atoms with E-state index in [4.69, 9.17) is 4.74 Å². The fraction of sp³-hybridized carbons (Fsp3) is 0.208. The lowest BCUT2D eigenvalue weighted by Crippen LogP contribution is -2.42. The van der Waals surface area contributed by atoms with E-state index in [9.17, 15) is 4.79 Å². The van der Waals surface area contributed by atoms with Gasteiger partial charge in [0.25, 0.3) is 0 Å². The number of aliphatic imine (C=N–C) groups is 1. The molecular weight excluding hydrogens is 376 g/mol. The van der Waals surface area contributed by atoms with Crippen LogP contribution < -0.4 is 0 Å². The van der Waals surface area contributed by atoms with Gasteiger partial charge in [-0.15, -0.1) is 0 Å². The van der Waals surface area contributed by atoms with Gasteiger partial charge in [0, 0.05) is 53.6 Å². The van der Waals surface area contributed by atoms with E-state index < -0.39 is 0 Å². The maximum Gasteiger partial charge on any atom is 0.242 e. The number of pyridine rings is 1. The Morgan fingerprint density at radius 2 is 1.97 bits per heavy atom. The lowest BCUT2D eigenvalue weighted by atomic mass is 10.2. The minimum absolute atomic E-state index is 0.115. The minimum Gasteiger partial charge on any atom is -0.378 e. The zero-order valence-electron chi connectivity index (χ0n) is 16.6. The number of fused-ring (bicyclic) bond motifs is 2. The van der Waals surface area contributed by atoms with Gasteiger partial charge < -0.3 is 14.2 Å². The van der Waals surface area contributed by atoms with Gasteiger partial charge in [-0.3, -0.25) is 14.8 Å². The lowest BCUT2D eigenvalue weighted by Gasteiger charge is -2.27. The van der Waals surface area contributed by atoms with Crippen LogP contribution in [-0.4, -0.2) is 52.9 Å². The van der Waals surface area contributed by atoms with E-state index in [1.54, 1.807) is 6.20 Å². The summed E-state index contributed by atoms with van der Waals surface area (Å²) in [6.45, 7) is 2.84. The number of rotatable bonds is 4. The molecule has 1 aliphatic rings. The Morgan fingerprint density at radius 3 is 2.87 bits per heavy atom. The van der Waals surface area contributed by atoms with Crippen molar-refractivity contribution in [2.24, 2.45) is 4.99 Å². The first-order chi connectivity index (χ1) is 14.8. The van der Waals surface area contributed by atoms with Crippen LogP contribution in [0.3, 0.4) is 0 Å². The Balaban J connectivity index is 1.44. The third kappa shape index (κ3) is 3.69. The first-order valence-corrected chi connectivity index (χ1v) is 10.1. The first kappa shape index (κ1) is 18.5. The van der Waals surface area contributed by atoms with Gasteiger partial charge in [-0.2, -0.15) is 0 Å². The fourth-order valence-electron chi connectivity index (χ4n) is 3.85. The molecule has 0 spiro atoms. The minimum atomic E-state index is 0.115. The van der Waals surface area contributed by atoms with Crippen molar-refractivity contribution in [3.63, 3.8) is 0 Å². The smallest absolute Gasteiger partial charge is 0.242 e. The summed E-state index contributed by atoms with van der Waals surface area (Å²) in [5.74, 6) is 0.115. The summed E-state index contributed by atoms with van der Waals surface area (Å²) >= 11 is 0. The number of hydrogen-bond acceptors (Lipinski definition) is 4. The molecular formula is C24H22N4O2. The third-order valence-corrected chi connectivity index (χ3v) is 5.43. The molecule has 150 valence electrons. The molecule has 0 saturated carbocycles. The molecule has 0 aliphatic carbocycles. The standard InChI is InChI=1S/C24H22N4O2/c29-24(27-10-12-30-13-11-27)17-28-16-19(21-5-1-2-6-23(21)28)15-26-20-7-8-22-18(14-20)4-3-9-25-22/h1-9,14-16H,10-13,17H2. The summed E-state index contributed by atoms with van der Waals surface area (Å²) < 4.78 is 7.37. The highest BCUT2D eigenvalue weighted by molar-refractivity contribution is 6.00. The number of morpholine rings is 1. The topological polar surface area (TPSA) is 59.7 Å². The van der Waals surface area contributed by atoms with E-state index >= 15 is 0 Å². The molecule has 30 heavy (non-hydrogen) atoms. The summed E-state index contributed by atoms with van der Waals surface area (Å²) in [6, 6.07) is 18.0. The molecule has 1 amide bonds. The zero-order chi connectivity index (χ0) is 20.3. The molecule has 1 aliphatic heterocycles. The van der Waals surface area contributed by atoms with Crippen molar-refractivity contribution >= 4 is 39.6 Å². The Kier molecular flexibility index (Phi) is 4.99. The second-order valence-corrected chi connectivity index (χ2v) is 7.36. The molecule has 5 rings (SSSR count). The van der Waals surface area contributed by atoms with E-state index in [0.717, 1.165) is 33.1 Å². The van der Waals surface area contributed by atoms with Crippen LogP contribution >= 0.6 is 0 Å². The number of nitrogens with zero attached hydrogens (tertiary/aromatic N) is 4. The number of carbonyl (C=O) groups is 1.